The lowest BCUT2D eigenvalue weighted by Gasteiger charge is -2.26. The van der Waals surface area contributed by atoms with Gasteiger partial charge in [-0.25, -0.2) is 0 Å². The normalized spacial score (nSPS) is 19.0. The third-order valence-electron chi connectivity index (χ3n) is 7.69. The van der Waals surface area contributed by atoms with E-state index in [1.54, 1.807) is 61.6 Å². The Kier molecular flexibility index (Phi) is 13.0. The van der Waals surface area contributed by atoms with Crippen LogP contribution in [0.4, 0.5) is 0 Å². The topological polar surface area (TPSA) is 159 Å². The Labute approximate surface area is 284 Å². The van der Waals surface area contributed by atoms with Gasteiger partial charge in [-0.3, -0.25) is 24.0 Å². The summed E-state index contributed by atoms with van der Waals surface area (Å²) in [6, 6.07) is 15.3. The first-order valence-corrected chi connectivity index (χ1v) is 16.3. The molecule has 48 heavy (non-hydrogen) atoms. The summed E-state index contributed by atoms with van der Waals surface area (Å²) in [5.74, 6) is -0.968. The molecule has 2 bridgehead atoms. The van der Waals surface area contributed by atoms with E-state index in [0.29, 0.717) is 34.9 Å². The van der Waals surface area contributed by atoms with Gasteiger partial charge in [-0.05, 0) is 60.7 Å². The predicted molar refractivity (Wildman–Crippen MR) is 180 cm³/mol. The van der Waals surface area contributed by atoms with Crippen molar-refractivity contribution in [2.24, 2.45) is 5.92 Å². The van der Waals surface area contributed by atoms with Crippen molar-refractivity contribution in [2.45, 2.75) is 51.6 Å². The van der Waals surface area contributed by atoms with Crippen LogP contribution in [0.2, 0.25) is 5.02 Å². The number of nitrogens with zero attached hydrogens (tertiary/aromatic N) is 1. The summed E-state index contributed by atoms with van der Waals surface area (Å²) in [4.78, 5) is 66.5. The Bertz CT molecular complexity index is 1590. The molecule has 3 aromatic rings. The Morgan fingerprint density at radius 1 is 0.979 bits per heavy atom. The average Bonchev–Trinajstić information content (AvgIpc) is 3.55. The van der Waals surface area contributed by atoms with E-state index in [0.717, 1.165) is 5.56 Å². The second-order valence-electron chi connectivity index (χ2n) is 12.1. The molecule has 2 aliphatic heterocycles. The van der Waals surface area contributed by atoms with Gasteiger partial charge in [-0.15, -0.1) is 0 Å². The van der Waals surface area contributed by atoms with Crippen molar-refractivity contribution in [1.82, 2.24) is 26.2 Å². The molecule has 0 unspecified atom stereocenters. The molecule has 13 heteroatoms. The van der Waals surface area contributed by atoms with Gasteiger partial charge in [0.05, 0.1) is 5.02 Å². The molecule has 0 radical (unpaired) electrons. The number of nitrogens with one attached hydrogen (secondary N) is 4. The molecule has 5 rings (SSSR count). The number of fused-ring (bicyclic) bond motifs is 19. The summed E-state index contributed by atoms with van der Waals surface area (Å²) >= 11 is 6.29. The lowest BCUT2D eigenvalue weighted by molar-refractivity contribution is -0.136. The highest BCUT2D eigenvalue weighted by Crippen LogP contribution is 2.29. The Hall–Kier alpha value is -4.84. The third-order valence-corrected chi connectivity index (χ3v) is 8.02. The van der Waals surface area contributed by atoms with Crippen molar-refractivity contribution >= 4 is 41.1 Å². The Balaban J connectivity index is 1.49. The van der Waals surface area contributed by atoms with Gasteiger partial charge in [-0.1, -0.05) is 49.7 Å². The minimum absolute atomic E-state index is 0.00529. The van der Waals surface area contributed by atoms with Crippen LogP contribution < -0.4 is 26.0 Å². The predicted octanol–water partition coefficient (Wildman–Crippen LogP) is 3.34. The lowest BCUT2D eigenvalue weighted by Crippen LogP contribution is -2.50. The van der Waals surface area contributed by atoms with E-state index in [9.17, 15) is 24.0 Å². The molecule has 2 aromatic carbocycles. The van der Waals surface area contributed by atoms with E-state index >= 15 is 0 Å². The molecular weight excluding hydrogens is 638 g/mol. The number of likely N-dealkylation sites (N-methyl/N-ethyl adjacent to an activating group) is 1. The molecule has 0 spiro atoms. The molecular formula is C35H42ClN5O7. The summed E-state index contributed by atoms with van der Waals surface area (Å²) in [6.07, 6.45) is 0.983. The number of halogens is 1. The van der Waals surface area contributed by atoms with Gasteiger partial charge in [0.25, 0.3) is 11.8 Å². The first-order chi connectivity index (χ1) is 23.0. The van der Waals surface area contributed by atoms with Crippen molar-refractivity contribution < 1.29 is 33.1 Å². The number of benzene rings is 2. The number of ether oxygens (including phenoxy) is 1. The molecule has 3 heterocycles. The van der Waals surface area contributed by atoms with Gasteiger partial charge in [0.2, 0.25) is 17.7 Å². The van der Waals surface area contributed by atoms with Crippen LogP contribution in [0.15, 0.2) is 65.1 Å². The van der Waals surface area contributed by atoms with Crippen molar-refractivity contribution in [2.75, 3.05) is 33.3 Å². The van der Waals surface area contributed by atoms with E-state index in [1.807, 2.05) is 13.8 Å². The maximum absolute atomic E-state index is 13.4. The zero-order chi connectivity index (χ0) is 34.6. The number of hydrogen-bond acceptors (Lipinski definition) is 7. The molecule has 256 valence electrons. The lowest BCUT2D eigenvalue weighted by atomic mass is 10.0. The molecule has 0 saturated carbocycles. The maximum Gasteiger partial charge on any atom is 0.287 e. The summed E-state index contributed by atoms with van der Waals surface area (Å²) in [6.45, 7) is 4.34. The van der Waals surface area contributed by atoms with Crippen LogP contribution in [0.3, 0.4) is 0 Å². The monoisotopic (exact) mass is 679 g/mol. The van der Waals surface area contributed by atoms with Crippen LogP contribution in [-0.4, -0.2) is 79.8 Å². The van der Waals surface area contributed by atoms with Gasteiger partial charge in [0, 0.05) is 45.1 Å². The van der Waals surface area contributed by atoms with E-state index in [2.05, 4.69) is 21.3 Å². The molecule has 0 aliphatic carbocycles. The minimum Gasteiger partial charge on any atom is -0.484 e. The van der Waals surface area contributed by atoms with Crippen molar-refractivity contribution in [3.05, 3.63) is 77.0 Å². The number of amides is 5. The molecule has 1 aromatic heterocycles. The highest BCUT2D eigenvalue weighted by molar-refractivity contribution is 6.33. The highest BCUT2D eigenvalue weighted by atomic mass is 35.5. The van der Waals surface area contributed by atoms with E-state index < -0.39 is 23.9 Å². The van der Waals surface area contributed by atoms with Crippen LogP contribution in [0.5, 0.6) is 5.75 Å². The number of carbonyl (C=O) groups excluding carboxylic acids is 5. The van der Waals surface area contributed by atoms with Gasteiger partial charge in [0.15, 0.2) is 12.4 Å². The summed E-state index contributed by atoms with van der Waals surface area (Å²) in [7, 11) is 1.62. The zero-order valence-electron chi connectivity index (χ0n) is 27.3. The first-order valence-electron chi connectivity index (χ1n) is 16.0. The van der Waals surface area contributed by atoms with Gasteiger partial charge in [-0.2, -0.15) is 0 Å². The second kappa shape index (κ2) is 17.4. The van der Waals surface area contributed by atoms with Crippen molar-refractivity contribution in [3.8, 4) is 17.1 Å². The summed E-state index contributed by atoms with van der Waals surface area (Å²) in [5, 5.41) is 11.6. The molecule has 0 saturated heterocycles. The van der Waals surface area contributed by atoms with Crippen molar-refractivity contribution in [3.63, 3.8) is 0 Å². The van der Waals surface area contributed by atoms with E-state index in [4.69, 9.17) is 20.8 Å². The van der Waals surface area contributed by atoms with Crippen LogP contribution in [0.25, 0.3) is 11.3 Å². The summed E-state index contributed by atoms with van der Waals surface area (Å²) < 4.78 is 11.4. The number of hydrogen-bond donors (Lipinski definition) is 4. The van der Waals surface area contributed by atoms with Crippen LogP contribution >= 0.6 is 11.6 Å². The van der Waals surface area contributed by atoms with Gasteiger partial charge in [0.1, 0.15) is 23.6 Å². The van der Waals surface area contributed by atoms with E-state index in [1.165, 1.54) is 11.0 Å². The molecule has 12 nitrogen and oxygen atoms in total. The molecule has 4 N–H and O–H groups in total. The fraction of sp³-hybridized carbons (Fsp3) is 0.400. The first kappa shape index (κ1) is 36.0. The average molecular weight is 680 g/mol. The molecule has 5 amide bonds. The third kappa shape index (κ3) is 10.6. The van der Waals surface area contributed by atoms with Gasteiger partial charge >= 0.3 is 0 Å². The minimum atomic E-state index is -0.987. The number of furan rings is 1. The quantitative estimate of drug-likeness (QED) is 0.301. The molecule has 2 atom stereocenters. The fourth-order valence-electron chi connectivity index (χ4n) is 5.14. The highest BCUT2D eigenvalue weighted by Gasteiger charge is 2.26. The number of carbonyl (C=O) groups is 5. The largest absolute Gasteiger partial charge is 0.484 e. The Morgan fingerprint density at radius 2 is 1.73 bits per heavy atom. The molecule has 2 aliphatic rings. The van der Waals surface area contributed by atoms with Crippen LogP contribution in [0, 0.1) is 5.92 Å². The second-order valence-corrected chi connectivity index (χ2v) is 12.5. The standard InChI is InChI=1S/C35H42ClN5O7/c1-22(2)19-28-35(46)41(3)18-17-37-32(43)21-47-24-12-10-23(11-13-24)20-27(33(44)38-16-6-9-31(42)39-28)40-34(45)30-15-14-29(48-30)25-7-4-5-8-26(25)36/h4-5,7-8,10-15,22,27-28H,6,9,16-21H2,1-3H3,(H,37,43)(H,38,44)(H,39,42)(H,40,45)/t27-,28-/m0/s1. The van der Waals surface area contributed by atoms with Crippen LogP contribution in [0.1, 0.15) is 49.2 Å². The summed E-state index contributed by atoms with van der Waals surface area (Å²) in [5.41, 5.74) is 1.36. The number of rotatable bonds is 5. The fourth-order valence-corrected chi connectivity index (χ4v) is 5.37. The van der Waals surface area contributed by atoms with Crippen LogP contribution in [-0.2, 0) is 25.6 Å². The Morgan fingerprint density at radius 3 is 2.46 bits per heavy atom. The smallest absolute Gasteiger partial charge is 0.287 e. The van der Waals surface area contributed by atoms with Crippen molar-refractivity contribution in [1.29, 1.82) is 0 Å². The van der Waals surface area contributed by atoms with E-state index in [-0.39, 0.29) is 68.5 Å². The molecule has 0 fully saturated rings. The van der Waals surface area contributed by atoms with Gasteiger partial charge < -0.3 is 35.3 Å². The maximum atomic E-state index is 13.4. The zero-order valence-corrected chi connectivity index (χ0v) is 28.1. The SMILES string of the molecule is CC(C)C[C@@H]1NC(=O)CCCNC(=O)[C@@H](NC(=O)c2ccc(-c3ccccc3Cl)o2)Cc2ccc(cc2)OCC(=O)NCCN(C)C1=O.